The number of unbranched alkanes of at least 4 members (excludes halogenated alkanes) is 1. The highest BCUT2D eigenvalue weighted by molar-refractivity contribution is 7.13. The van der Waals surface area contributed by atoms with Gasteiger partial charge in [0.1, 0.15) is 10.6 Å². The summed E-state index contributed by atoms with van der Waals surface area (Å²) in [5, 5.41) is 13.0. The molecule has 0 fully saturated rings. The van der Waals surface area contributed by atoms with Gasteiger partial charge in [-0.3, -0.25) is 0 Å². The molecular formula is C12H16N4O3S. The molecule has 0 amide bonds. The fourth-order valence-corrected chi connectivity index (χ4v) is 2.23. The zero-order chi connectivity index (χ0) is 14.4. The summed E-state index contributed by atoms with van der Waals surface area (Å²) >= 11 is 1.43. The molecule has 0 N–H and O–H groups in total. The smallest absolute Gasteiger partial charge is 0.334 e. The zero-order valence-electron chi connectivity index (χ0n) is 11.4. The third-order valence-corrected chi connectivity index (χ3v) is 3.40. The Balaban J connectivity index is 2.17. The normalized spacial score (nSPS) is 10.5. The highest BCUT2D eigenvalue weighted by Crippen LogP contribution is 2.33. The minimum atomic E-state index is -0.399. The maximum atomic E-state index is 11.3. The maximum absolute atomic E-state index is 11.3. The number of ether oxygens (including phenoxy) is 1. The second-order valence-corrected chi connectivity index (χ2v) is 4.92. The van der Waals surface area contributed by atoms with Crippen LogP contribution in [0, 0.1) is 0 Å². The Morgan fingerprint density at radius 1 is 1.45 bits per heavy atom. The van der Waals surface area contributed by atoms with Crippen molar-refractivity contribution in [3.8, 4) is 16.5 Å². The molecule has 0 unspecified atom stereocenters. The minimum absolute atomic E-state index is 0.254. The molecule has 2 heterocycles. The van der Waals surface area contributed by atoms with Crippen molar-refractivity contribution < 1.29 is 14.4 Å². The number of aromatic nitrogens is 4. The summed E-state index contributed by atoms with van der Waals surface area (Å²) in [4.78, 5) is 18.1. The Labute approximate surface area is 120 Å². The first kappa shape index (κ1) is 14.4. The predicted octanol–water partition coefficient (Wildman–Crippen LogP) is 1.95. The van der Waals surface area contributed by atoms with Crippen molar-refractivity contribution in [2.45, 2.75) is 33.1 Å². The van der Waals surface area contributed by atoms with Crippen LogP contribution in [-0.4, -0.2) is 32.9 Å². The lowest BCUT2D eigenvalue weighted by Gasteiger charge is -2.06. The summed E-state index contributed by atoms with van der Waals surface area (Å²) in [6.45, 7) is 4.44. The highest BCUT2D eigenvalue weighted by Gasteiger charge is 2.18. The van der Waals surface area contributed by atoms with Gasteiger partial charge in [-0.05, 0) is 33.1 Å². The molecule has 2 aromatic heterocycles. The average molecular weight is 296 g/mol. The lowest BCUT2D eigenvalue weighted by atomic mass is 10.3. The predicted molar refractivity (Wildman–Crippen MR) is 73.4 cm³/mol. The van der Waals surface area contributed by atoms with Gasteiger partial charge in [-0.2, -0.15) is 0 Å². The first-order valence-corrected chi connectivity index (χ1v) is 7.34. The molecule has 2 rings (SSSR count). The van der Waals surface area contributed by atoms with Crippen molar-refractivity contribution in [2.75, 3.05) is 6.61 Å². The van der Waals surface area contributed by atoms with E-state index in [0.29, 0.717) is 18.2 Å². The third-order valence-electron chi connectivity index (χ3n) is 2.51. The van der Waals surface area contributed by atoms with Gasteiger partial charge in [0.15, 0.2) is 0 Å². The topological polar surface area (TPSA) is 79.1 Å². The van der Waals surface area contributed by atoms with Crippen LogP contribution in [-0.2, 0) is 4.79 Å². The number of tetrazole rings is 1. The van der Waals surface area contributed by atoms with E-state index < -0.39 is 5.97 Å². The maximum Gasteiger partial charge on any atom is 0.334 e. The lowest BCUT2D eigenvalue weighted by molar-refractivity contribution is -0.145. The van der Waals surface area contributed by atoms with Crippen molar-refractivity contribution in [3.05, 3.63) is 11.4 Å². The van der Waals surface area contributed by atoms with E-state index in [0.717, 1.165) is 22.6 Å². The van der Waals surface area contributed by atoms with Gasteiger partial charge in [0, 0.05) is 6.42 Å². The van der Waals surface area contributed by atoms with Crippen molar-refractivity contribution in [2.24, 2.45) is 0 Å². The van der Waals surface area contributed by atoms with Crippen LogP contribution in [0.5, 0.6) is 5.75 Å². The molecule has 7 nitrogen and oxygen atoms in total. The Morgan fingerprint density at radius 2 is 2.30 bits per heavy atom. The van der Waals surface area contributed by atoms with Crippen LogP contribution >= 0.6 is 11.3 Å². The number of hydrogen-bond donors (Lipinski definition) is 0. The van der Waals surface area contributed by atoms with Crippen LogP contribution in [0.4, 0.5) is 0 Å². The van der Waals surface area contributed by atoms with Crippen LogP contribution in [0.25, 0.3) is 10.7 Å². The van der Waals surface area contributed by atoms with Crippen LogP contribution in [0.15, 0.2) is 11.4 Å². The number of hydrogen-bond acceptors (Lipinski definition) is 7. The number of carbonyl (C=O) groups is 1. The molecule has 0 saturated heterocycles. The van der Waals surface area contributed by atoms with E-state index in [1.54, 1.807) is 6.92 Å². The van der Waals surface area contributed by atoms with Crippen molar-refractivity contribution in [3.63, 3.8) is 0 Å². The van der Waals surface area contributed by atoms with Gasteiger partial charge in [-0.1, -0.05) is 20.3 Å². The SMILES string of the molecule is CCCCOc1ccsc1-c1nnnn1OC(=O)CC. The molecular weight excluding hydrogens is 280 g/mol. The molecule has 0 aliphatic heterocycles. The Hall–Kier alpha value is -1.96. The van der Waals surface area contributed by atoms with E-state index in [9.17, 15) is 4.79 Å². The minimum Gasteiger partial charge on any atom is -0.492 e. The van der Waals surface area contributed by atoms with E-state index in [1.165, 1.54) is 11.3 Å². The lowest BCUT2D eigenvalue weighted by Crippen LogP contribution is -2.21. The highest BCUT2D eigenvalue weighted by atomic mass is 32.1. The monoisotopic (exact) mass is 296 g/mol. The van der Waals surface area contributed by atoms with Crippen molar-refractivity contribution in [1.82, 2.24) is 20.4 Å². The standard InChI is InChI=1S/C12H16N4O3S/c1-3-5-7-18-9-6-8-20-11(9)12-13-14-15-16(12)19-10(17)4-2/h6,8H,3-5,7H2,1-2H3. The molecule has 0 saturated carbocycles. The largest absolute Gasteiger partial charge is 0.492 e. The van der Waals surface area contributed by atoms with Gasteiger partial charge in [0.05, 0.1) is 6.61 Å². The van der Waals surface area contributed by atoms with E-state index in [1.807, 2.05) is 11.4 Å². The molecule has 8 heteroatoms. The number of carbonyl (C=O) groups excluding carboxylic acids is 1. The molecule has 108 valence electrons. The Bertz CT molecular complexity index is 567. The van der Waals surface area contributed by atoms with Crippen LogP contribution in [0.1, 0.15) is 33.1 Å². The van der Waals surface area contributed by atoms with E-state index >= 15 is 0 Å². The molecule has 0 bridgehead atoms. The van der Waals surface area contributed by atoms with Gasteiger partial charge in [0.2, 0.25) is 5.82 Å². The first-order valence-electron chi connectivity index (χ1n) is 6.46. The number of rotatable bonds is 7. The third kappa shape index (κ3) is 3.32. The summed E-state index contributed by atoms with van der Waals surface area (Å²) in [5.41, 5.74) is 0. The molecule has 20 heavy (non-hydrogen) atoms. The fourth-order valence-electron chi connectivity index (χ4n) is 1.43. The molecule has 2 aromatic rings. The summed E-state index contributed by atoms with van der Waals surface area (Å²) in [6, 6.07) is 1.86. The van der Waals surface area contributed by atoms with Crippen LogP contribution < -0.4 is 9.57 Å². The summed E-state index contributed by atoms with van der Waals surface area (Å²) in [5.74, 6) is 0.670. The summed E-state index contributed by atoms with van der Waals surface area (Å²) in [6.07, 6.45) is 2.29. The van der Waals surface area contributed by atoms with Gasteiger partial charge in [0.25, 0.3) is 0 Å². The van der Waals surface area contributed by atoms with Gasteiger partial charge in [-0.15, -0.1) is 16.4 Å². The first-order chi connectivity index (χ1) is 9.76. The van der Waals surface area contributed by atoms with Crippen LogP contribution in [0.2, 0.25) is 0 Å². The molecule has 0 aromatic carbocycles. The average Bonchev–Trinajstić information content (AvgIpc) is 3.07. The molecule has 0 aliphatic carbocycles. The van der Waals surface area contributed by atoms with E-state index in [-0.39, 0.29) is 6.42 Å². The van der Waals surface area contributed by atoms with E-state index in [2.05, 4.69) is 22.4 Å². The second kappa shape index (κ2) is 6.99. The van der Waals surface area contributed by atoms with Crippen LogP contribution in [0.3, 0.4) is 0 Å². The summed E-state index contributed by atoms with van der Waals surface area (Å²) in [7, 11) is 0. The number of nitrogens with zero attached hydrogens (tertiary/aromatic N) is 4. The Morgan fingerprint density at radius 3 is 3.05 bits per heavy atom. The molecule has 0 aliphatic rings. The van der Waals surface area contributed by atoms with Gasteiger partial charge in [-0.25, -0.2) is 4.79 Å². The van der Waals surface area contributed by atoms with Crippen molar-refractivity contribution in [1.29, 1.82) is 0 Å². The number of thiophene rings is 1. The Kier molecular flexibility index (Phi) is 5.05. The quantitative estimate of drug-likeness (QED) is 0.574. The zero-order valence-corrected chi connectivity index (χ0v) is 12.2. The molecule has 0 atom stereocenters. The fraction of sp³-hybridized carbons (Fsp3) is 0.500. The molecule has 0 radical (unpaired) electrons. The van der Waals surface area contributed by atoms with Gasteiger partial charge < -0.3 is 9.57 Å². The second-order valence-electron chi connectivity index (χ2n) is 4.01. The summed E-state index contributed by atoms with van der Waals surface area (Å²) < 4.78 is 5.69. The van der Waals surface area contributed by atoms with Crippen molar-refractivity contribution >= 4 is 17.3 Å². The van der Waals surface area contributed by atoms with E-state index in [4.69, 9.17) is 9.57 Å². The molecule has 0 spiro atoms. The van der Waals surface area contributed by atoms with Gasteiger partial charge >= 0.3 is 5.97 Å².